The summed E-state index contributed by atoms with van der Waals surface area (Å²) in [6.07, 6.45) is 0.812. The Morgan fingerprint density at radius 2 is 1.78 bits per heavy atom. The number of hydrogen-bond acceptors (Lipinski definition) is 4. The number of carbonyl (C=O) groups excluding carboxylic acids is 1. The van der Waals surface area contributed by atoms with Crippen molar-refractivity contribution in [1.82, 2.24) is 9.88 Å². The molecule has 0 saturated carbocycles. The summed E-state index contributed by atoms with van der Waals surface area (Å²) in [6, 6.07) is 15.7. The first kappa shape index (κ1) is 19.1. The van der Waals surface area contributed by atoms with Crippen molar-refractivity contribution in [2.24, 2.45) is 7.05 Å². The molecule has 2 aromatic carbocycles. The number of amides is 1. The Morgan fingerprint density at radius 1 is 1.11 bits per heavy atom. The summed E-state index contributed by atoms with van der Waals surface area (Å²) in [6.45, 7) is 0.0260. The van der Waals surface area contributed by atoms with Crippen LogP contribution in [0.3, 0.4) is 0 Å². The minimum atomic E-state index is -3.50. The number of carbonyl (C=O) groups is 1. The summed E-state index contributed by atoms with van der Waals surface area (Å²) in [5, 5.41) is 14.0. The Labute approximate surface area is 158 Å². The van der Waals surface area contributed by atoms with Gasteiger partial charge in [0.1, 0.15) is 0 Å². The van der Waals surface area contributed by atoms with Crippen molar-refractivity contribution in [3.63, 3.8) is 0 Å². The van der Waals surface area contributed by atoms with Crippen molar-refractivity contribution in [3.8, 4) is 0 Å². The summed E-state index contributed by atoms with van der Waals surface area (Å²) >= 11 is 0. The van der Waals surface area contributed by atoms with E-state index < -0.39 is 21.8 Å². The van der Waals surface area contributed by atoms with Gasteiger partial charge in [0, 0.05) is 42.7 Å². The van der Waals surface area contributed by atoms with Crippen LogP contribution in [0.2, 0.25) is 0 Å². The maximum Gasteiger partial charge on any atom is 0.221 e. The Balaban J connectivity index is 1.57. The van der Waals surface area contributed by atoms with Gasteiger partial charge >= 0.3 is 0 Å². The molecule has 1 heterocycles. The molecular formula is C20H22N2O4S. The van der Waals surface area contributed by atoms with Crippen LogP contribution in [0.25, 0.3) is 10.9 Å². The molecule has 1 atom stereocenters. The molecule has 0 aliphatic carbocycles. The van der Waals surface area contributed by atoms with E-state index in [1.807, 2.05) is 42.1 Å². The third-order valence-electron chi connectivity index (χ3n) is 4.48. The summed E-state index contributed by atoms with van der Waals surface area (Å²) in [7, 11) is -1.60. The number of aryl methyl sites for hydroxylation is 1. The molecular weight excluding hydrogens is 364 g/mol. The normalized spacial score (nSPS) is 12.8. The molecule has 0 aliphatic heterocycles. The predicted molar refractivity (Wildman–Crippen MR) is 104 cm³/mol. The zero-order valence-corrected chi connectivity index (χ0v) is 15.8. The Morgan fingerprint density at radius 3 is 2.52 bits per heavy atom. The number of benzene rings is 2. The first-order valence-electron chi connectivity index (χ1n) is 8.65. The van der Waals surface area contributed by atoms with Gasteiger partial charge in [-0.2, -0.15) is 0 Å². The summed E-state index contributed by atoms with van der Waals surface area (Å²) in [4.78, 5) is 12.2. The second kappa shape index (κ2) is 7.94. The Bertz CT molecular complexity index is 1040. The number of hydrogen-bond donors (Lipinski definition) is 2. The van der Waals surface area contributed by atoms with Crippen LogP contribution < -0.4 is 5.32 Å². The lowest BCUT2D eigenvalue weighted by Crippen LogP contribution is -2.29. The second-order valence-corrected chi connectivity index (χ2v) is 8.52. The largest absolute Gasteiger partial charge is 0.386 e. The number of aliphatic hydroxyl groups excluding tert-OH is 1. The lowest BCUT2D eigenvalue weighted by molar-refractivity contribution is -0.121. The average Bonchev–Trinajstić information content (AvgIpc) is 3.02. The van der Waals surface area contributed by atoms with Gasteiger partial charge in [0.25, 0.3) is 0 Å². The molecule has 142 valence electrons. The Hall–Kier alpha value is -2.64. The van der Waals surface area contributed by atoms with E-state index in [0.29, 0.717) is 0 Å². The van der Waals surface area contributed by atoms with E-state index in [1.54, 1.807) is 18.2 Å². The monoisotopic (exact) mass is 386 g/mol. The van der Waals surface area contributed by atoms with E-state index >= 15 is 0 Å². The van der Waals surface area contributed by atoms with E-state index in [9.17, 15) is 18.3 Å². The number of nitrogens with one attached hydrogen (secondary N) is 1. The molecule has 27 heavy (non-hydrogen) atoms. The first-order chi connectivity index (χ1) is 12.9. The maximum atomic E-state index is 12.2. The SMILES string of the molecule is Cn1cc(C(O)CNC(=O)CCS(=O)(=O)c2ccccc2)c2ccccc21. The number of aromatic nitrogens is 1. The number of sulfone groups is 1. The smallest absolute Gasteiger partial charge is 0.221 e. The molecule has 1 aromatic heterocycles. The van der Waals surface area contributed by atoms with E-state index in [-0.39, 0.29) is 23.6 Å². The van der Waals surface area contributed by atoms with Crippen LogP contribution in [-0.2, 0) is 21.7 Å². The maximum absolute atomic E-state index is 12.2. The zero-order chi connectivity index (χ0) is 19.4. The number of para-hydroxylation sites is 1. The van der Waals surface area contributed by atoms with Crippen LogP contribution in [0.1, 0.15) is 18.1 Å². The van der Waals surface area contributed by atoms with Crippen LogP contribution >= 0.6 is 0 Å². The predicted octanol–water partition coefficient (Wildman–Crippen LogP) is 2.19. The van der Waals surface area contributed by atoms with Crippen molar-refractivity contribution in [2.75, 3.05) is 12.3 Å². The highest BCUT2D eigenvalue weighted by Crippen LogP contribution is 2.25. The van der Waals surface area contributed by atoms with Gasteiger partial charge in [-0.3, -0.25) is 4.79 Å². The fraction of sp³-hybridized carbons (Fsp3) is 0.250. The van der Waals surface area contributed by atoms with E-state index in [1.165, 1.54) is 12.1 Å². The van der Waals surface area contributed by atoms with Crippen LogP contribution in [0.15, 0.2) is 65.7 Å². The van der Waals surface area contributed by atoms with Crippen molar-refractivity contribution in [2.45, 2.75) is 17.4 Å². The molecule has 6 nitrogen and oxygen atoms in total. The molecule has 1 amide bonds. The molecule has 3 rings (SSSR count). The minimum absolute atomic E-state index is 0.0260. The zero-order valence-electron chi connectivity index (χ0n) is 15.0. The molecule has 0 radical (unpaired) electrons. The number of rotatable bonds is 7. The molecule has 0 spiro atoms. The minimum Gasteiger partial charge on any atom is -0.386 e. The standard InChI is InChI=1S/C20H22N2O4S/c1-22-14-17(16-9-5-6-10-18(16)22)19(23)13-21-20(24)11-12-27(25,26)15-7-3-2-4-8-15/h2-10,14,19,23H,11-13H2,1H3,(H,21,24). The van der Waals surface area contributed by atoms with Gasteiger partial charge in [0.05, 0.1) is 16.8 Å². The Kier molecular flexibility index (Phi) is 5.62. The molecule has 0 aliphatic rings. The highest BCUT2D eigenvalue weighted by molar-refractivity contribution is 7.91. The van der Waals surface area contributed by atoms with Crippen LogP contribution in [0.5, 0.6) is 0 Å². The van der Waals surface area contributed by atoms with Crippen molar-refractivity contribution < 1.29 is 18.3 Å². The van der Waals surface area contributed by atoms with Crippen molar-refractivity contribution in [1.29, 1.82) is 0 Å². The average molecular weight is 386 g/mol. The number of aliphatic hydroxyl groups is 1. The number of nitrogens with zero attached hydrogens (tertiary/aromatic N) is 1. The lowest BCUT2D eigenvalue weighted by Gasteiger charge is -2.11. The summed E-state index contributed by atoms with van der Waals surface area (Å²) < 4.78 is 26.3. The molecule has 0 saturated heterocycles. The molecule has 1 unspecified atom stereocenters. The van der Waals surface area contributed by atoms with Crippen LogP contribution in [-0.4, -0.2) is 36.3 Å². The van der Waals surface area contributed by atoms with Gasteiger partial charge in [-0.25, -0.2) is 8.42 Å². The molecule has 3 aromatic rings. The van der Waals surface area contributed by atoms with Gasteiger partial charge in [-0.1, -0.05) is 36.4 Å². The van der Waals surface area contributed by atoms with Gasteiger partial charge in [-0.05, 0) is 18.2 Å². The fourth-order valence-electron chi connectivity index (χ4n) is 3.02. The number of fused-ring (bicyclic) bond motifs is 1. The van der Waals surface area contributed by atoms with Crippen LogP contribution in [0.4, 0.5) is 0 Å². The third kappa shape index (κ3) is 4.37. The second-order valence-electron chi connectivity index (χ2n) is 6.41. The van der Waals surface area contributed by atoms with E-state index in [4.69, 9.17) is 0 Å². The quantitative estimate of drug-likeness (QED) is 0.652. The summed E-state index contributed by atoms with van der Waals surface area (Å²) in [5.41, 5.74) is 1.72. The highest BCUT2D eigenvalue weighted by Gasteiger charge is 2.18. The van der Waals surface area contributed by atoms with Crippen molar-refractivity contribution in [3.05, 3.63) is 66.4 Å². The van der Waals surface area contributed by atoms with Gasteiger partial charge < -0.3 is 15.0 Å². The topological polar surface area (TPSA) is 88.4 Å². The lowest BCUT2D eigenvalue weighted by atomic mass is 10.1. The van der Waals surface area contributed by atoms with Gasteiger partial charge in [-0.15, -0.1) is 0 Å². The van der Waals surface area contributed by atoms with Gasteiger partial charge in [0.15, 0.2) is 9.84 Å². The molecule has 7 heteroatoms. The first-order valence-corrected chi connectivity index (χ1v) is 10.3. The van der Waals surface area contributed by atoms with E-state index in [0.717, 1.165) is 16.5 Å². The van der Waals surface area contributed by atoms with E-state index in [2.05, 4.69) is 5.32 Å². The fourth-order valence-corrected chi connectivity index (χ4v) is 4.28. The van der Waals surface area contributed by atoms with Crippen molar-refractivity contribution >= 4 is 26.6 Å². The molecule has 0 bridgehead atoms. The summed E-state index contributed by atoms with van der Waals surface area (Å²) in [5.74, 6) is -0.679. The molecule has 0 fully saturated rings. The molecule has 2 N–H and O–H groups in total. The van der Waals surface area contributed by atoms with Gasteiger partial charge in [0.2, 0.25) is 5.91 Å². The highest BCUT2D eigenvalue weighted by atomic mass is 32.2. The third-order valence-corrected chi connectivity index (χ3v) is 6.21. The van der Waals surface area contributed by atoms with Crippen LogP contribution in [0, 0.1) is 0 Å².